The van der Waals surface area contributed by atoms with Crippen LogP contribution in [0, 0.1) is 0 Å². The number of urea groups is 1. The number of amides is 2. The van der Waals surface area contributed by atoms with Crippen molar-refractivity contribution in [1.29, 1.82) is 0 Å². The Balaban J connectivity index is 1.73. The van der Waals surface area contributed by atoms with Crippen molar-refractivity contribution in [2.45, 2.75) is 5.37 Å². The summed E-state index contributed by atoms with van der Waals surface area (Å²) < 4.78 is 0. The molecule has 0 spiro atoms. The van der Waals surface area contributed by atoms with E-state index >= 15 is 0 Å². The first-order valence-electron chi connectivity index (χ1n) is 6.33. The average Bonchev–Trinajstić information content (AvgIpc) is 3.12. The highest BCUT2D eigenvalue weighted by atomic mass is 35.5. The molecule has 0 bridgehead atoms. The number of hydrogen-bond acceptors (Lipinski definition) is 3. The molecule has 2 heterocycles. The van der Waals surface area contributed by atoms with Crippen LogP contribution in [0.1, 0.15) is 10.3 Å². The molecule has 1 aromatic heterocycles. The minimum Gasteiger partial charge on any atom is -0.308 e. The summed E-state index contributed by atoms with van der Waals surface area (Å²) in [5.41, 5.74) is 0.649. The van der Waals surface area contributed by atoms with Gasteiger partial charge in [-0.05, 0) is 29.6 Å². The van der Waals surface area contributed by atoms with E-state index in [0.29, 0.717) is 15.7 Å². The van der Waals surface area contributed by atoms with Gasteiger partial charge in [0.2, 0.25) is 0 Å². The van der Waals surface area contributed by atoms with Crippen LogP contribution in [0.15, 0.2) is 35.7 Å². The van der Waals surface area contributed by atoms with Crippen LogP contribution in [0.2, 0.25) is 10.0 Å². The van der Waals surface area contributed by atoms with Gasteiger partial charge in [0.05, 0.1) is 10.0 Å². The van der Waals surface area contributed by atoms with Gasteiger partial charge >= 0.3 is 6.03 Å². The number of thioether (sulfide) groups is 1. The number of nitrogens with one attached hydrogen (secondary N) is 1. The molecule has 0 saturated carbocycles. The lowest BCUT2D eigenvalue weighted by atomic mass is 10.3. The summed E-state index contributed by atoms with van der Waals surface area (Å²) >= 11 is 15.3. The Morgan fingerprint density at radius 3 is 2.86 bits per heavy atom. The van der Waals surface area contributed by atoms with Gasteiger partial charge < -0.3 is 10.2 Å². The fraction of sp³-hybridized carbons (Fsp3) is 0.214. The molecule has 2 amide bonds. The van der Waals surface area contributed by atoms with Crippen molar-refractivity contribution in [3.05, 3.63) is 50.6 Å². The van der Waals surface area contributed by atoms with Crippen molar-refractivity contribution >= 4 is 58.0 Å². The molecule has 0 radical (unpaired) electrons. The number of rotatable bonds is 2. The van der Waals surface area contributed by atoms with E-state index in [0.717, 1.165) is 12.3 Å². The van der Waals surface area contributed by atoms with Gasteiger partial charge in [-0.2, -0.15) is 0 Å². The molecule has 1 aromatic carbocycles. The van der Waals surface area contributed by atoms with E-state index in [1.54, 1.807) is 41.3 Å². The third-order valence-electron chi connectivity index (χ3n) is 3.11. The maximum Gasteiger partial charge on any atom is 0.323 e. The number of benzene rings is 1. The molecule has 7 heteroatoms. The summed E-state index contributed by atoms with van der Waals surface area (Å²) in [6.07, 6.45) is 0. The second-order valence-electron chi connectivity index (χ2n) is 4.49. The van der Waals surface area contributed by atoms with Gasteiger partial charge in [-0.3, -0.25) is 0 Å². The van der Waals surface area contributed by atoms with Gasteiger partial charge in [0.15, 0.2) is 0 Å². The number of hydrogen-bond donors (Lipinski definition) is 1. The largest absolute Gasteiger partial charge is 0.323 e. The molecule has 110 valence electrons. The fourth-order valence-electron chi connectivity index (χ4n) is 2.11. The summed E-state index contributed by atoms with van der Waals surface area (Å²) in [6.45, 7) is 0.736. The second-order valence-corrected chi connectivity index (χ2v) is 7.47. The van der Waals surface area contributed by atoms with Crippen LogP contribution < -0.4 is 5.32 Å². The van der Waals surface area contributed by atoms with Crippen molar-refractivity contribution in [1.82, 2.24) is 4.90 Å². The molecule has 3 nitrogen and oxygen atoms in total. The van der Waals surface area contributed by atoms with E-state index in [9.17, 15) is 4.79 Å². The Morgan fingerprint density at radius 1 is 1.29 bits per heavy atom. The van der Waals surface area contributed by atoms with E-state index in [1.165, 1.54) is 4.88 Å². The van der Waals surface area contributed by atoms with Crippen molar-refractivity contribution in [3.8, 4) is 0 Å². The highest BCUT2D eigenvalue weighted by Gasteiger charge is 2.31. The van der Waals surface area contributed by atoms with Gasteiger partial charge in [-0.15, -0.1) is 23.1 Å². The van der Waals surface area contributed by atoms with E-state index in [1.807, 2.05) is 16.3 Å². The minimum atomic E-state index is -0.114. The van der Waals surface area contributed by atoms with Gasteiger partial charge in [-0.1, -0.05) is 29.3 Å². The number of halogens is 2. The van der Waals surface area contributed by atoms with E-state index in [-0.39, 0.29) is 11.4 Å². The predicted molar refractivity (Wildman–Crippen MR) is 91.7 cm³/mol. The Morgan fingerprint density at radius 2 is 2.14 bits per heavy atom. The van der Waals surface area contributed by atoms with Crippen LogP contribution in [0.3, 0.4) is 0 Å². The molecule has 1 unspecified atom stereocenters. The van der Waals surface area contributed by atoms with Crippen LogP contribution in [-0.2, 0) is 0 Å². The molecule has 2 aromatic rings. The molecular weight excluding hydrogens is 347 g/mol. The number of nitrogens with zero attached hydrogens (tertiary/aromatic N) is 1. The summed E-state index contributed by atoms with van der Waals surface area (Å²) in [5.74, 6) is 0.942. The molecular formula is C14H12Cl2N2OS2. The maximum atomic E-state index is 12.4. The SMILES string of the molecule is O=C(Nc1ccc(Cl)c(Cl)c1)N1CCSC1c1cccs1. The van der Waals surface area contributed by atoms with Gasteiger partial charge in [0, 0.05) is 22.9 Å². The zero-order valence-electron chi connectivity index (χ0n) is 10.9. The lowest BCUT2D eigenvalue weighted by Crippen LogP contribution is -2.34. The molecule has 1 aliphatic heterocycles. The molecule has 1 aliphatic rings. The summed E-state index contributed by atoms with van der Waals surface area (Å²) in [5, 5.41) is 5.91. The third kappa shape index (κ3) is 3.31. The molecule has 1 fully saturated rings. The van der Waals surface area contributed by atoms with Crippen LogP contribution >= 0.6 is 46.3 Å². The Kier molecular flexibility index (Phi) is 4.64. The topological polar surface area (TPSA) is 32.3 Å². The second kappa shape index (κ2) is 6.48. The van der Waals surface area contributed by atoms with E-state index in [4.69, 9.17) is 23.2 Å². The molecule has 0 aliphatic carbocycles. The highest BCUT2D eigenvalue weighted by Crippen LogP contribution is 2.40. The first kappa shape index (κ1) is 15.0. The van der Waals surface area contributed by atoms with Crippen molar-refractivity contribution < 1.29 is 4.79 Å². The fourth-order valence-corrected chi connectivity index (χ4v) is 4.65. The van der Waals surface area contributed by atoms with Crippen molar-refractivity contribution in [2.24, 2.45) is 0 Å². The first-order valence-corrected chi connectivity index (χ1v) is 9.01. The lowest BCUT2D eigenvalue weighted by Gasteiger charge is -2.23. The zero-order valence-corrected chi connectivity index (χ0v) is 14.0. The predicted octanol–water partition coefficient (Wildman–Crippen LogP) is 5.33. The quantitative estimate of drug-likeness (QED) is 0.786. The van der Waals surface area contributed by atoms with Gasteiger partial charge in [0.25, 0.3) is 0 Å². The monoisotopic (exact) mass is 358 g/mol. The number of carbonyl (C=O) groups is 1. The Bertz CT molecular complexity index is 648. The Labute approximate surface area is 141 Å². The molecule has 1 atom stereocenters. The lowest BCUT2D eigenvalue weighted by molar-refractivity contribution is 0.215. The normalized spacial score (nSPS) is 18.0. The van der Waals surface area contributed by atoms with Crippen LogP contribution in [-0.4, -0.2) is 23.2 Å². The summed E-state index contributed by atoms with van der Waals surface area (Å²) in [7, 11) is 0. The Hall–Kier alpha value is -0.880. The molecule has 3 rings (SSSR count). The minimum absolute atomic E-state index is 0.0905. The van der Waals surface area contributed by atoms with Gasteiger partial charge in [0.1, 0.15) is 5.37 Å². The number of thiophene rings is 1. The molecule has 1 N–H and O–H groups in total. The number of carbonyl (C=O) groups excluding carboxylic acids is 1. The van der Waals surface area contributed by atoms with Gasteiger partial charge in [-0.25, -0.2) is 4.79 Å². The summed E-state index contributed by atoms with van der Waals surface area (Å²) in [6, 6.07) is 9.04. The van der Waals surface area contributed by atoms with Crippen LogP contribution in [0.5, 0.6) is 0 Å². The van der Waals surface area contributed by atoms with Crippen LogP contribution in [0.4, 0.5) is 10.5 Å². The molecule has 21 heavy (non-hydrogen) atoms. The van der Waals surface area contributed by atoms with E-state index in [2.05, 4.69) is 11.4 Å². The summed E-state index contributed by atoms with van der Waals surface area (Å²) in [4.78, 5) is 15.5. The number of anilines is 1. The average molecular weight is 359 g/mol. The van der Waals surface area contributed by atoms with E-state index < -0.39 is 0 Å². The smallest absolute Gasteiger partial charge is 0.308 e. The van der Waals surface area contributed by atoms with Crippen molar-refractivity contribution in [2.75, 3.05) is 17.6 Å². The first-order chi connectivity index (χ1) is 10.1. The maximum absolute atomic E-state index is 12.4. The zero-order chi connectivity index (χ0) is 14.8. The standard InChI is InChI=1S/C14H12Cl2N2OS2/c15-10-4-3-9(8-11(10)16)17-14(19)18-5-7-21-13(18)12-2-1-6-20-12/h1-4,6,8,13H,5,7H2,(H,17,19). The van der Waals surface area contributed by atoms with Crippen LogP contribution in [0.25, 0.3) is 0 Å². The third-order valence-corrected chi connectivity index (χ3v) is 6.16. The highest BCUT2D eigenvalue weighted by molar-refractivity contribution is 7.99. The molecule has 1 saturated heterocycles. The van der Waals surface area contributed by atoms with Crippen molar-refractivity contribution in [3.63, 3.8) is 0 Å².